The summed E-state index contributed by atoms with van der Waals surface area (Å²) in [4.78, 5) is 45.3. The fourth-order valence-electron chi connectivity index (χ4n) is 5.18. The van der Waals surface area contributed by atoms with E-state index in [-0.39, 0.29) is 24.4 Å². The Morgan fingerprint density at radius 1 is 1.00 bits per heavy atom. The average molecular weight is 667 g/mol. The molecule has 0 aliphatic rings. The molecule has 48 heavy (non-hydrogen) atoms. The van der Waals surface area contributed by atoms with E-state index in [1.807, 2.05) is 43.5 Å². The lowest BCUT2D eigenvalue weighted by atomic mass is 10.0. The van der Waals surface area contributed by atoms with Crippen LogP contribution in [-0.4, -0.2) is 64.8 Å². The lowest BCUT2D eigenvalue weighted by Gasteiger charge is -2.17. The number of aryl methyl sites for hydroxylation is 1. The number of alkyl halides is 3. The van der Waals surface area contributed by atoms with Crippen molar-refractivity contribution in [3.05, 3.63) is 83.9 Å². The third-order valence-electron chi connectivity index (χ3n) is 7.66. The number of nitrogens with zero attached hydrogens (tertiary/aromatic N) is 1. The van der Waals surface area contributed by atoms with E-state index in [9.17, 15) is 22.8 Å². The molecule has 0 saturated carbocycles. The van der Waals surface area contributed by atoms with Crippen LogP contribution >= 0.6 is 0 Å². The number of hydrogen-bond donors (Lipinski definition) is 6. The summed E-state index contributed by atoms with van der Waals surface area (Å²) in [6.07, 6.45) is -0.788. The van der Waals surface area contributed by atoms with Crippen LogP contribution in [0.5, 0.6) is 5.75 Å². The lowest BCUT2D eigenvalue weighted by Crippen LogP contribution is -2.33. The maximum atomic E-state index is 13.4. The molecule has 0 unspecified atom stereocenters. The molecule has 3 amide bonds. The summed E-state index contributed by atoms with van der Waals surface area (Å²) in [5.74, 6) is -1.39. The van der Waals surface area contributed by atoms with Crippen molar-refractivity contribution < 1.29 is 37.4 Å². The van der Waals surface area contributed by atoms with Gasteiger partial charge in [-0.15, -0.1) is 0 Å². The Labute approximate surface area is 274 Å². The van der Waals surface area contributed by atoms with Gasteiger partial charge in [0.2, 0.25) is 5.91 Å². The fraction of sp³-hybridized carbons (Fsp3) is 0.294. The first-order chi connectivity index (χ1) is 22.9. The normalized spacial score (nSPS) is 11.8. The van der Waals surface area contributed by atoms with E-state index < -0.39 is 12.1 Å². The van der Waals surface area contributed by atoms with Crippen LogP contribution in [0, 0.1) is 6.92 Å². The molecule has 1 atom stereocenters. The summed E-state index contributed by atoms with van der Waals surface area (Å²) in [5, 5.41) is 19.0. The number of nitrogens with one attached hydrogen (secondary N) is 5. The average Bonchev–Trinajstić information content (AvgIpc) is 3.68. The Bertz CT molecular complexity index is 1880. The van der Waals surface area contributed by atoms with E-state index in [1.54, 1.807) is 14.2 Å². The van der Waals surface area contributed by atoms with E-state index in [1.165, 1.54) is 5.39 Å². The van der Waals surface area contributed by atoms with Crippen molar-refractivity contribution in [3.63, 3.8) is 0 Å². The van der Waals surface area contributed by atoms with Gasteiger partial charge in [0.05, 0.1) is 31.5 Å². The zero-order valence-electron chi connectivity index (χ0n) is 26.6. The molecule has 0 bridgehead atoms. The molecule has 2 heterocycles. The molecular weight excluding hydrogens is 629 g/mol. The number of aromatic amines is 2. The molecule has 0 fully saturated rings. The number of aromatic nitrogens is 3. The third kappa shape index (κ3) is 9.27. The highest BCUT2D eigenvalue weighted by atomic mass is 19.4. The first-order valence-corrected chi connectivity index (χ1v) is 15.1. The second-order valence-corrected chi connectivity index (χ2v) is 11.0. The zero-order valence-corrected chi connectivity index (χ0v) is 26.6. The van der Waals surface area contributed by atoms with Gasteiger partial charge in [0.1, 0.15) is 11.6 Å². The van der Waals surface area contributed by atoms with Gasteiger partial charge >= 0.3 is 18.2 Å². The molecule has 11 nitrogen and oxygen atoms in total. The largest absolute Gasteiger partial charge is 0.497 e. The van der Waals surface area contributed by atoms with Crippen LogP contribution in [0.25, 0.3) is 32.9 Å². The molecule has 5 aromatic rings. The molecular formula is C34H37F3N6O5. The van der Waals surface area contributed by atoms with Crippen LogP contribution in [0.3, 0.4) is 0 Å². The number of unbranched alkanes of at least 4 members (excludes halogenated alkanes) is 1. The Morgan fingerprint density at radius 2 is 1.73 bits per heavy atom. The summed E-state index contributed by atoms with van der Waals surface area (Å²) in [7, 11) is 3.23. The molecule has 0 aliphatic carbocycles. The van der Waals surface area contributed by atoms with Gasteiger partial charge < -0.3 is 35.8 Å². The van der Waals surface area contributed by atoms with E-state index in [4.69, 9.17) is 14.6 Å². The summed E-state index contributed by atoms with van der Waals surface area (Å²) >= 11 is 0. The van der Waals surface area contributed by atoms with Crippen molar-refractivity contribution in [3.8, 4) is 17.0 Å². The van der Waals surface area contributed by atoms with Gasteiger partial charge in [-0.1, -0.05) is 36.4 Å². The Morgan fingerprint density at radius 3 is 2.42 bits per heavy atom. The monoisotopic (exact) mass is 666 g/mol. The number of carboxylic acid groups (broad SMARTS) is 1. The van der Waals surface area contributed by atoms with Crippen LogP contribution in [0.15, 0.2) is 66.9 Å². The third-order valence-corrected chi connectivity index (χ3v) is 7.66. The molecule has 0 radical (unpaired) electrons. The maximum absolute atomic E-state index is 13.4. The summed E-state index contributed by atoms with van der Waals surface area (Å²) in [6, 6.07) is 19.9. The minimum absolute atomic E-state index is 0.0889. The van der Waals surface area contributed by atoms with Crippen molar-refractivity contribution in [1.82, 2.24) is 30.9 Å². The summed E-state index contributed by atoms with van der Waals surface area (Å²) < 4.78 is 37.1. The molecule has 5 rings (SSSR count). The fourth-order valence-corrected chi connectivity index (χ4v) is 5.18. The molecule has 2 aromatic heterocycles. The van der Waals surface area contributed by atoms with Crippen LogP contribution < -0.4 is 20.7 Å². The number of carbonyl (C=O) groups excluding carboxylic acids is 2. The number of benzene rings is 3. The van der Waals surface area contributed by atoms with Gasteiger partial charge in [0.25, 0.3) is 0 Å². The second kappa shape index (κ2) is 15.8. The van der Waals surface area contributed by atoms with E-state index in [2.05, 4.69) is 61.2 Å². The highest BCUT2D eigenvalue weighted by Crippen LogP contribution is 2.28. The smallest absolute Gasteiger partial charge is 0.490 e. The predicted molar refractivity (Wildman–Crippen MR) is 176 cm³/mol. The summed E-state index contributed by atoms with van der Waals surface area (Å²) in [6.45, 7) is 2.53. The van der Waals surface area contributed by atoms with Crippen molar-refractivity contribution >= 4 is 39.6 Å². The number of amides is 3. The number of hydrogen-bond acceptors (Lipinski definition) is 5. The Kier molecular flexibility index (Phi) is 11.7. The minimum Gasteiger partial charge on any atom is -0.497 e. The molecule has 6 N–H and O–H groups in total. The minimum atomic E-state index is -5.08. The predicted octanol–water partition coefficient (Wildman–Crippen LogP) is 6.16. The number of ether oxygens (including phenoxy) is 1. The van der Waals surface area contributed by atoms with Crippen molar-refractivity contribution in [2.75, 3.05) is 20.7 Å². The van der Waals surface area contributed by atoms with Gasteiger partial charge in [-0.2, -0.15) is 13.2 Å². The van der Waals surface area contributed by atoms with Crippen LogP contribution in [0.1, 0.15) is 42.4 Å². The first-order valence-electron chi connectivity index (χ1n) is 15.1. The van der Waals surface area contributed by atoms with Crippen molar-refractivity contribution in [2.45, 2.75) is 44.8 Å². The molecule has 0 saturated heterocycles. The number of rotatable bonds is 11. The highest BCUT2D eigenvalue weighted by Gasteiger charge is 2.38. The topological polar surface area (TPSA) is 161 Å². The number of urea groups is 1. The number of methoxy groups -OCH3 is 1. The van der Waals surface area contributed by atoms with Crippen LogP contribution in [0.4, 0.5) is 18.0 Å². The molecule has 0 aliphatic heterocycles. The number of aliphatic carboxylic acids is 1. The second-order valence-electron chi connectivity index (χ2n) is 11.0. The standard InChI is InChI=1S/C32H36N6O3.C2HF3O2/c1-20-25(26-17-24(41-3)13-14-27(26)36-20)18-30(39)37-28(10-6-7-15-34-32(40)33-2)31-35-19-29(38-31)23-12-11-21-8-4-5-9-22(21)16-23;3-2(4,5)1(6)7/h4-5,8-9,11-14,16-17,19,28,36H,6-7,10,15,18H2,1-3H3,(H,35,38)(H,37,39)(H2,33,34,40);(H,6,7)/t28-;/m0./s1. The molecule has 254 valence electrons. The van der Waals surface area contributed by atoms with Crippen molar-refractivity contribution in [2.24, 2.45) is 0 Å². The maximum Gasteiger partial charge on any atom is 0.490 e. The number of carbonyl (C=O) groups is 3. The van der Waals surface area contributed by atoms with Gasteiger partial charge in [0, 0.05) is 35.8 Å². The number of fused-ring (bicyclic) bond motifs is 2. The van der Waals surface area contributed by atoms with Crippen molar-refractivity contribution in [1.29, 1.82) is 0 Å². The van der Waals surface area contributed by atoms with Gasteiger partial charge in [-0.05, 0) is 66.8 Å². The quantitative estimate of drug-likeness (QED) is 0.0926. The van der Waals surface area contributed by atoms with Gasteiger partial charge in [0.15, 0.2) is 0 Å². The number of halogens is 3. The number of imidazole rings is 1. The van der Waals surface area contributed by atoms with Crippen LogP contribution in [-0.2, 0) is 16.0 Å². The van der Waals surface area contributed by atoms with E-state index in [0.29, 0.717) is 18.8 Å². The van der Waals surface area contributed by atoms with Crippen LogP contribution in [0.2, 0.25) is 0 Å². The SMILES string of the molecule is CNC(=O)NCCCC[C@H](NC(=O)Cc1c(C)[nH]c2ccc(OC)cc12)c1ncc(-c2ccc3ccccc3c2)[nH]1.O=C(O)C(F)(F)F. The first kappa shape index (κ1) is 35.3. The molecule has 3 aromatic carbocycles. The highest BCUT2D eigenvalue weighted by molar-refractivity contribution is 5.91. The number of carboxylic acids is 1. The molecule has 14 heteroatoms. The molecule has 0 spiro atoms. The van der Waals surface area contributed by atoms with E-state index in [0.717, 1.165) is 57.4 Å². The van der Waals surface area contributed by atoms with Gasteiger partial charge in [-0.25, -0.2) is 14.6 Å². The lowest BCUT2D eigenvalue weighted by molar-refractivity contribution is -0.192. The zero-order chi connectivity index (χ0) is 34.8. The number of H-pyrrole nitrogens is 2. The Hall–Kier alpha value is -5.53. The summed E-state index contributed by atoms with van der Waals surface area (Å²) in [5.41, 5.74) is 4.80. The van der Waals surface area contributed by atoms with Gasteiger partial charge in [-0.3, -0.25) is 4.79 Å². The Balaban J connectivity index is 0.000000671. The van der Waals surface area contributed by atoms with E-state index >= 15 is 0 Å².